The summed E-state index contributed by atoms with van der Waals surface area (Å²) in [5.41, 5.74) is 7.33. The zero-order valence-corrected chi connectivity index (χ0v) is 13.6. The fourth-order valence-corrected chi connectivity index (χ4v) is 3.08. The minimum Gasteiger partial charge on any atom is -0.493 e. The topological polar surface area (TPSA) is 62.3 Å². The monoisotopic (exact) mass is 321 g/mol. The van der Waals surface area contributed by atoms with E-state index in [1.807, 2.05) is 6.07 Å². The molecule has 2 N–H and O–H groups in total. The summed E-state index contributed by atoms with van der Waals surface area (Å²) >= 11 is 6.41. The van der Waals surface area contributed by atoms with E-state index in [0.717, 1.165) is 18.4 Å². The predicted octanol–water partition coefficient (Wildman–Crippen LogP) is 3.65. The van der Waals surface area contributed by atoms with Crippen LogP contribution in [0.15, 0.2) is 18.2 Å². The summed E-state index contributed by atoms with van der Waals surface area (Å²) in [6.07, 6.45) is 4.70. The third kappa shape index (κ3) is 2.73. The van der Waals surface area contributed by atoms with Gasteiger partial charge in [0, 0.05) is 13.1 Å². The van der Waals surface area contributed by atoms with Crippen LogP contribution in [0, 0.1) is 0 Å². The molecule has 0 radical (unpaired) electrons. The number of hydrogen-bond acceptors (Lipinski definition) is 4. The number of anilines is 1. The molecular weight excluding hydrogens is 302 g/mol. The van der Waals surface area contributed by atoms with Gasteiger partial charge in [-0.15, -0.1) is 0 Å². The van der Waals surface area contributed by atoms with E-state index >= 15 is 0 Å². The standard InChI is InChI=1S/C16H20ClN3O2/c1-20-14(18)9-12(19-20)15-11(17)7-8-13(21-2)16(15)22-10-5-3-4-6-10/h7-10H,3-6,18H2,1-2H3. The number of nitrogen functional groups attached to an aromatic ring is 1. The van der Waals surface area contributed by atoms with Crippen LogP contribution in [0.4, 0.5) is 5.82 Å². The molecule has 1 aliphatic rings. The molecule has 0 aliphatic heterocycles. The van der Waals surface area contributed by atoms with E-state index in [2.05, 4.69) is 5.10 Å². The summed E-state index contributed by atoms with van der Waals surface area (Å²) < 4.78 is 13.3. The highest BCUT2D eigenvalue weighted by molar-refractivity contribution is 6.33. The van der Waals surface area contributed by atoms with Crippen molar-refractivity contribution in [2.45, 2.75) is 31.8 Å². The van der Waals surface area contributed by atoms with E-state index in [1.165, 1.54) is 12.8 Å². The van der Waals surface area contributed by atoms with Crippen molar-refractivity contribution in [2.24, 2.45) is 7.05 Å². The Hall–Kier alpha value is -1.88. The van der Waals surface area contributed by atoms with Crippen LogP contribution in [-0.2, 0) is 7.05 Å². The second-order valence-corrected chi connectivity index (χ2v) is 5.96. The Balaban J connectivity index is 2.09. The van der Waals surface area contributed by atoms with Crippen LogP contribution in [0.3, 0.4) is 0 Å². The van der Waals surface area contributed by atoms with Gasteiger partial charge in [0.25, 0.3) is 0 Å². The van der Waals surface area contributed by atoms with Gasteiger partial charge in [0.2, 0.25) is 0 Å². The Morgan fingerprint density at radius 3 is 2.64 bits per heavy atom. The molecule has 1 saturated carbocycles. The number of hydrogen-bond donors (Lipinski definition) is 1. The highest BCUT2D eigenvalue weighted by Crippen LogP contribution is 2.44. The number of nitrogens with two attached hydrogens (primary N) is 1. The molecule has 1 aliphatic carbocycles. The number of methoxy groups -OCH3 is 1. The van der Waals surface area contributed by atoms with Crippen molar-refractivity contribution < 1.29 is 9.47 Å². The summed E-state index contributed by atoms with van der Waals surface area (Å²) in [6, 6.07) is 5.41. The summed E-state index contributed by atoms with van der Waals surface area (Å²) in [4.78, 5) is 0. The molecule has 1 aromatic heterocycles. The van der Waals surface area contributed by atoms with Crippen molar-refractivity contribution in [1.29, 1.82) is 0 Å². The number of ether oxygens (including phenoxy) is 2. The molecular formula is C16H20ClN3O2. The van der Waals surface area contributed by atoms with Crippen molar-refractivity contribution in [1.82, 2.24) is 9.78 Å². The number of benzene rings is 1. The van der Waals surface area contributed by atoms with Crippen molar-refractivity contribution in [3.05, 3.63) is 23.2 Å². The van der Waals surface area contributed by atoms with Gasteiger partial charge in [0.05, 0.1) is 29.5 Å². The van der Waals surface area contributed by atoms with Crippen LogP contribution in [-0.4, -0.2) is 23.0 Å². The van der Waals surface area contributed by atoms with Gasteiger partial charge in [-0.05, 0) is 37.8 Å². The minimum atomic E-state index is 0.201. The first kappa shape index (κ1) is 15.0. The number of aryl methyl sites for hydroxylation is 1. The molecule has 0 saturated heterocycles. The molecule has 1 heterocycles. The van der Waals surface area contributed by atoms with E-state index in [0.29, 0.717) is 28.0 Å². The van der Waals surface area contributed by atoms with Crippen molar-refractivity contribution in [3.63, 3.8) is 0 Å². The lowest BCUT2D eigenvalue weighted by atomic mass is 10.1. The lowest BCUT2D eigenvalue weighted by Crippen LogP contribution is -2.12. The van der Waals surface area contributed by atoms with Gasteiger partial charge in [0.15, 0.2) is 11.5 Å². The summed E-state index contributed by atoms with van der Waals surface area (Å²) in [6.45, 7) is 0. The Morgan fingerprint density at radius 1 is 1.32 bits per heavy atom. The molecule has 0 spiro atoms. The first-order chi connectivity index (χ1) is 10.6. The van der Waals surface area contributed by atoms with E-state index in [9.17, 15) is 0 Å². The van der Waals surface area contributed by atoms with Crippen LogP contribution in [0.25, 0.3) is 11.3 Å². The van der Waals surface area contributed by atoms with Crippen molar-refractivity contribution >= 4 is 17.4 Å². The maximum atomic E-state index is 6.41. The Morgan fingerprint density at radius 2 is 2.05 bits per heavy atom. The second kappa shape index (κ2) is 6.08. The summed E-state index contributed by atoms with van der Waals surface area (Å²) in [7, 11) is 3.42. The summed E-state index contributed by atoms with van der Waals surface area (Å²) in [5.74, 6) is 1.89. The number of halogens is 1. The van der Waals surface area contributed by atoms with Crippen LogP contribution in [0.2, 0.25) is 5.02 Å². The van der Waals surface area contributed by atoms with Crippen LogP contribution in [0.5, 0.6) is 11.5 Å². The molecule has 1 fully saturated rings. The van der Waals surface area contributed by atoms with Gasteiger partial charge < -0.3 is 15.2 Å². The lowest BCUT2D eigenvalue weighted by Gasteiger charge is -2.19. The van der Waals surface area contributed by atoms with Gasteiger partial charge in [-0.3, -0.25) is 4.68 Å². The molecule has 118 valence electrons. The Kier molecular flexibility index (Phi) is 4.16. The molecule has 6 heteroatoms. The van der Waals surface area contributed by atoms with E-state index in [-0.39, 0.29) is 6.10 Å². The maximum Gasteiger partial charge on any atom is 0.172 e. The fraction of sp³-hybridized carbons (Fsp3) is 0.438. The van der Waals surface area contributed by atoms with Gasteiger partial charge in [-0.1, -0.05) is 11.6 Å². The SMILES string of the molecule is COc1ccc(Cl)c(-c2cc(N)n(C)n2)c1OC1CCCC1. The maximum absolute atomic E-state index is 6.41. The molecule has 0 amide bonds. The van der Waals surface area contributed by atoms with Crippen molar-refractivity contribution in [3.8, 4) is 22.8 Å². The number of nitrogens with zero attached hydrogens (tertiary/aromatic N) is 2. The molecule has 5 nitrogen and oxygen atoms in total. The Labute approximate surface area is 135 Å². The average molecular weight is 322 g/mol. The molecule has 1 aromatic carbocycles. The van der Waals surface area contributed by atoms with E-state index in [4.69, 9.17) is 26.8 Å². The van der Waals surface area contributed by atoms with Gasteiger partial charge in [0.1, 0.15) is 5.82 Å². The number of aromatic nitrogens is 2. The molecule has 0 atom stereocenters. The molecule has 0 bridgehead atoms. The number of rotatable bonds is 4. The second-order valence-electron chi connectivity index (χ2n) is 5.56. The van der Waals surface area contributed by atoms with Crippen LogP contribution < -0.4 is 15.2 Å². The normalized spacial score (nSPS) is 15.2. The molecule has 22 heavy (non-hydrogen) atoms. The van der Waals surface area contributed by atoms with Crippen LogP contribution in [0.1, 0.15) is 25.7 Å². The highest BCUT2D eigenvalue weighted by atomic mass is 35.5. The van der Waals surface area contributed by atoms with Gasteiger partial charge in [-0.2, -0.15) is 5.10 Å². The fourth-order valence-electron chi connectivity index (χ4n) is 2.83. The van der Waals surface area contributed by atoms with Crippen molar-refractivity contribution in [2.75, 3.05) is 12.8 Å². The van der Waals surface area contributed by atoms with E-state index < -0.39 is 0 Å². The largest absolute Gasteiger partial charge is 0.493 e. The zero-order valence-electron chi connectivity index (χ0n) is 12.8. The van der Waals surface area contributed by atoms with E-state index in [1.54, 1.807) is 31.0 Å². The lowest BCUT2D eigenvalue weighted by molar-refractivity contribution is 0.202. The third-order valence-corrected chi connectivity index (χ3v) is 4.36. The zero-order chi connectivity index (χ0) is 15.7. The minimum absolute atomic E-state index is 0.201. The quantitative estimate of drug-likeness (QED) is 0.933. The molecule has 2 aromatic rings. The van der Waals surface area contributed by atoms with Gasteiger partial charge >= 0.3 is 0 Å². The Bertz CT molecular complexity index is 659. The predicted molar refractivity (Wildman–Crippen MR) is 87.5 cm³/mol. The molecule has 3 rings (SSSR count). The van der Waals surface area contributed by atoms with Gasteiger partial charge in [-0.25, -0.2) is 0 Å². The highest BCUT2D eigenvalue weighted by Gasteiger charge is 2.24. The smallest absolute Gasteiger partial charge is 0.172 e. The summed E-state index contributed by atoms with van der Waals surface area (Å²) in [5, 5.41) is 5.00. The average Bonchev–Trinajstić information content (AvgIpc) is 3.10. The first-order valence-electron chi connectivity index (χ1n) is 7.43. The third-order valence-electron chi connectivity index (χ3n) is 4.05. The van der Waals surface area contributed by atoms with Crippen LogP contribution >= 0.6 is 11.6 Å². The molecule has 0 unspecified atom stereocenters. The first-order valence-corrected chi connectivity index (χ1v) is 7.81.